The summed E-state index contributed by atoms with van der Waals surface area (Å²) in [6, 6.07) is 16.5. The molecule has 6 nitrogen and oxygen atoms in total. The average molecular weight is 462 g/mol. The van der Waals surface area contributed by atoms with E-state index < -0.39 is 0 Å². The van der Waals surface area contributed by atoms with Crippen LogP contribution < -0.4 is 14.2 Å². The van der Waals surface area contributed by atoms with Crippen LogP contribution in [0.2, 0.25) is 0 Å². The van der Waals surface area contributed by atoms with Crippen molar-refractivity contribution in [3.8, 4) is 34.4 Å². The number of hydrogen-bond donors (Lipinski definition) is 0. The summed E-state index contributed by atoms with van der Waals surface area (Å²) in [7, 11) is 6.88. The summed E-state index contributed by atoms with van der Waals surface area (Å²) in [6.07, 6.45) is 0.841. The first-order valence-electron chi connectivity index (χ1n) is 10.7. The normalized spacial score (nSPS) is 13.2. The Morgan fingerprint density at radius 3 is 2.36 bits per heavy atom. The number of likely N-dealkylation sites (N-methyl/N-ethyl adjacent to an activating group) is 1. The molecule has 0 aliphatic carbocycles. The van der Waals surface area contributed by atoms with Crippen LogP contribution in [0.1, 0.15) is 22.4 Å². The van der Waals surface area contributed by atoms with E-state index in [9.17, 15) is 5.26 Å². The van der Waals surface area contributed by atoms with Crippen molar-refractivity contribution in [2.45, 2.75) is 23.7 Å². The number of ether oxygens (including phenoxy) is 3. The first-order valence-corrected chi connectivity index (χ1v) is 11.7. The van der Waals surface area contributed by atoms with Gasteiger partial charge < -0.3 is 19.1 Å². The van der Waals surface area contributed by atoms with Crippen LogP contribution in [0.15, 0.2) is 47.5 Å². The van der Waals surface area contributed by atoms with Crippen LogP contribution in [0.3, 0.4) is 0 Å². The van der Waals surface area contributed by atoms with E-state index in [4.69, 9.17) is 19.2 Å². The first kappa shape index (κ1) is 23.0. The van der Waals surface area contributed by atoms with Gasteiger partial charge in [-0.2, -0.15) is 5.26 Å². The monoisotopic (exact) mass is 461 g/mol. The molecular formula is C26H27N3O3S. The van der Waals surface area contributed by atoms with E-state index in [-0.39, 0.29) is 0 Å². The predicted octanol–water partition coefficient (Wildman–Crippen LogP) is 4.93. The molecule has 0 saturated heterocycles. The fourth-order valence-electron chi connectivity index (χ4n) is 4.15. The summed E-state index contributed by atoms with van der Waals surface area (Å²) in [5.74, 6) is 2.39. The Hall–Kier alpha value is -3.21. The smallest absolute Gasteiger partial charge is 0.203 e. The number of aromatic nitrogens is 1. The van der Waals surface area contributed by atoms with Crippen molar-refractivity contribution in [2.24, 2.45) is 0 Å². The van der Waals surface area contributed by atoms with E-state index in [0.717, 1.165) is 52.7 Å². The van der Waals surface area contributed by atoms with E-state index >= 15 is 0 Å². The van der Waals surface area contributed by atoms with Crippen molar-refractivity contribution in [3.63, 3.8) is 0 Å². The van der Waals surface area contributed by atoms with Crippen LogP contribution in [0.25, 0.3) is 11.1 Å². The molecule has 2 aromatic carbocycles. The Labute approximate surface area is 199 Å². The summed E-state index contributed by atoms with van der Waals surface area (Å²) in [5.41, 5.74) is 5.66. The van der Waals surface area contributed by atoms with Crippen molar-refractivity contribution in [1.29, 1.82) is 5.26 Å². The largest absolute Gasteiger partial charge is 0.493 e. The van der Waals surface area contributed by atoms with Crippen LogP contribution in [-0.2, 0) is 18.7 Å². The molecule has 7 heteroatoms. The highest BCUT2D eigenvalue weighted by atomic mass is 32.2. The lowest BCUT2D eigenvalue weighted by Crippen LogP contribution is -2.28. The standard InChI is InChI=1S/C26H27N3O3S/c1-29-11-10-21-20(15-29)24(18-12-22(30-2)25(32-4)23(13-18)31-3)19(14-27)26(28-21)33-16-17-8-6-5-7-9-17/h5-9,12-13H,10-11,15-16H2,1-4H3. The van der Waals surface area contributed by atoms with Gasteiger partial charge in [0.15, 0.2) is 11.5 Å². The molecule has 1 aromatic heterocycles. The second kappa shape index (κ2) is 10.2. The van der Waals surface area contributed by atoms with Crippen LogP contribution in [0.4, 0.5) is 0 Å². The van der Waals surface area contributed by atoms with E-state index in [2.05, 4.69) is 30.1 Å². The zero-order valence-corrected chi connectivity index (χ0v) is 20.2. The Morgan fingerprint density at radius 2 is 1.76 bits per heavy atom. The zero-order valence-electron chi connectivity index (χ0n) is 19.3. The van der Waals surface area contributed by atoms with Gasteiger partial charge in [-0.25, -0.2) is 4.98 Å². The van der Waals surface area contributed by atoms with E-state index in [1.807, 2.05) is 30.3 Å². The number of fused-ring (bicyclic) bond motifs is 1. The van der Waals surface area contributed by atoms with Gasteiger partial charge in [-0.15, -0.1) is 11.8 Å². The van der Waals surface area contributed by atoms with E-state index in [1.54, 1.807) is 33.1 Å². The van der Waals surface area contributed by atoms with Crippen molar-refractivity contribution in [1.82, 2.24) is 9.88 Å². The van der Waals surface area contributed by atoms with Gasteiger partial charge >= 0.3 is 0 Å². The van der Waals surface area contributed by atoms with Gasteiger partial charge in [0, 0.05) is 36.5 Å². The second-order valence-electron chi connectivity index (χ2n) is 7.88. The second-order valence-corrected chi connectivity index (χ2v) is 8.84. The predicted molar refractivity (Wildman–Crippen MR) is 130 cm³/mol. The van der Waals surface area contributed by atoms with Gasteiger partial charge in [-0.3, -0.25) is 0 Å². The van der Waals surface area contributed by atoms with E-state index in [0.29, 0.717) is 22.8 Å². The molecule has 4 rings (SSSR count). The minimum Gasteiger partial charge on any atom is -0.493 e. The van der Waals surface area contributed by atoms with Crippen molar-refractivity contribution < 1.29 is 14.2 Å². The highest BCUT2D eigenvalue weighted by molar-refractivity contribution is 7.98. The molecule has 3 aromatic rings. The summed E-state index contributed by atoms with van der Waals surface area (Å²) in [4.78, 5) is 7.22. The summed E-state index contributed by atoms with van der Waals surface area (Å²) in [6.45, 7) is 1.66. The average Bonchev–Trinajstić information content (AvgIpc) is 2.86. The minimum atomic E-state index is 0.529. The Balaban J connectivity index is 1.90. The molecule has 0 atom stereocenters. The molecule has 0 bridgehead atoms. The fraction of sp³-hybridized carbons (Fsp3) is 0.308. The highest BCUT2D eigenvalue weighted by Gasteiger charge is 2.26. The molecule has 0 amide bonds. The maximum atomic E-state index is 10.3. The van der Waals surface area contributed by atoms with Gasteiger partial charge in [0.05, 0.1) is 26.9 Å². The van der Waals surface area contributed by atoms with E-state index in [1.165, 1.54) is 5.56 Å². The maximum Gasteiger partial charge on any atom is 0.203 e. The number of hydrogen-bond acceptors (Lipinski definition) is 7. The lowest BCUT2D eigenvalue weighted by atomic mass is 9.91. The number of nitrogens with zero attached hydrogens (tertiary/aromatic N) is 3. The summed E-state index contributed by atoms with van der Waals surface area (Å²) >= 11 is 1.60. The van der Waals surface area contributed by atoms with Crippen LogP contribution in [0, 0.1) is 11.3 Å². The van der Waals surface area contributed by atoms with Crippen LogP contribution in [0.5, 0.6) is 17.2 Å². The summed E-state index contributed by atoms with van der Waals surface area (Å²) < 4.78 is 16.7. The molecule has 170 valence electrons. The highest BCUT2D eigenvalue weighted by Crippen LogP contribution is 2.45. The lowest BCUT2D eigenvalue weighted by molar-refractivity contribution is 0.309. The minimum absolute atomic E-state index is 0.529. The zero-order chi connectivity index (χ0) is 23.4. The number of pyridine rings is 1. The molecule has 1 aliphatic heterocycles. The Kier molecular flexibility index (Phi) is 7.07. The van der Waals surface area contributed by atoms with Gasteiger partial charge in [0.1, 0.15) is 11.1 Å². The Bertz CT molecular complexity index is 1170. The van der Waals surface area contributed by atoms with Gasteiger partial charge in [-0.05, 0) is 35.9 Å². The fourth-order valence-corrected chi connectivity index (χ4v) is 5.11. The molecule has 0 N–H and O–H groups in total. The van der Waals surface area contributed by atoms with Gasteiger partial charge in [0.2, 0.25) is 5.75 Å². The molecule has 0 spiro atoms. The van der Waals surface area contributed by atoms with Crippen molar-refractivity contribution in [2.75, 3.05) is 34.9 Å². The molecule has 1 aliphatic rings. The number of rotatable bonds is 7. The SMILES string of the molecule is COc1cc(-c2c(C#N)c(SCc3ccccc3)nc3c2CN(C)CC3)cc(OC)c1OC. The third-order valence-corrected chi connectivity index (χ3v) is 6.84. The molecule has 0 radical (unpaired) electrons. The van der Waals surface area contributed by atoms with Crippen molar-refractivity contribution >= 4 is 11.8 Å². The number of thioether (sulfide) groups is 1. The Morgan fingerprint density at radius 1 is 1.06 bits per heavy atom. The molecule has 2 heterocycles. The number of nitriles is 1. The van der Waals surface area contributed by atoms with Crippen LogP contribution in [-0.4, -0.2) is 44.8 Å². The quantitative estimate of drug-likeness (QED) is 0.462. The first-order chi connectivity index (χ1) is 16.1. The van der Waals surface area contributed by atoms with Crippen molar-refractivity contribution in [3.05, 3.63) is 64.8 Å². The molecule has 0 unspecified atom stereocenters. The van der Waals surface area contributed by atoms with Crippen LogP contribution >= 0.6 is 11.8 Å². The molecule has 33 heavy (non-hydrogen) atoms. The third-order valence-electron chi connectivity index (χ3n) is 5.79. The third kappa shape index (κ3) is 4.63. The molecular weight excluding hydrogens is 434 g/mol. The van der Waals surface area contributed by atoms with Gasteiger partial charge in [-0.1, -0.05) is 30.3 Å². The lowest BCUT2D eigenvalue weighted by Gasteiger charge is -2.28. The number of benzene rings is 2. The molecule has 0 fully saturated rings. The summed E-state index contributed by atoms with van der Waals surface area (Å²) in [5, 5.41) is 11.0. The molecule has 0 saturated carbocycles. The topological polar surface area (TPSA) is 67.6 Å². The maximum absolute atomic E-state index is 10.3. The van der Waals surface area contributed by atoms with Gasteiger partial charge in [0.25, 0.3) is 0 Å². The number of methoxy groups -OCH3 is 3.